The maximum atomic E-state index is 15.6. The van der Waals surface area contributed by atoms with Crippen molar-refractivity contribution in [2.75, 3.05) is 13.2 Å². The van der Waals surface area contributed by atoms with Crippen molar-refractivity contribution in [3.05, 3.63) is 84.4 Å². The molecule has 2 heterocycles. The van der Waals surface area contributed by atoms with Gasteiger partial charge in [0.25, 0.3) is 0 Å². The molecule has 2 aliphatic rings. The van der Waals surface area contributed by atoms with Crippen molar-refractivity contribution < 1.29 is 32.5 Å². The molecular weight excluding hydrogens is 394 g/mol. The lowest BCUT2D eigenvalue weighted by atomic mass is 9.96. The van der Waals surface area contributed by atoms with Gasteiger partial charge < -0.3 is 23.7 Å². The smallest absolute Gasteiger partial charge is 0.307 e. The largest absolute Gasteiger partial charge is 0.362 e. The van der Waals surface area contributed by atoms with E-state index < -0.39 is 36.8 Å². The number of hydrogen-bond donors (Lipinski definition) is 0. The standard InChI is InChI=1S/C23H24F2O5/c1-2-13-26-22-20(27-14-16-9-5-3-6-10-16)23(24,25)19-18(29-22)15-28-21(30-19)17-11-7-4-8-12-17/h2-12,18-22H,1,13-15H2/t18-,19-,20+,21-,22-/m1/s1. The van der Waals surface area contributed by atoms with Crippen molar-refractivity contribution in [2.24, 2.45) is 0 Å². The third-order valence-electron chi connectivity index (χ3n) is 5.06. The van der Waals surface area contributed by atoms with Gasteiger partial charge in [0.1, 0.15) is 6.10 Å². The van der Waals surface area contributed by atoms with Gasteiger partial charge in [0.2, 0.25) is 0 Å². The Hall–Kier alpha value is -2.16. The van der Waals surface area contributed by atoms with E-state index in [1.54, 1.807) is 36.4 Å². The molecule has 5 atom stereocenters. The summed E-state index contributed by atoms with van der Waals surface area (Å²) in [6.07, 6.45) is -4.85. The van der Waals surface area contributed by atoms with Gasteiger partial charge in [-0.2, -0.15) is 0 Å². The molecule has 2 aromatic rings. The molecule has 0 saturated carbocycles. The first-order valence-electron chi connectivity index (χ1n) is 9.83. The van der Waals surface area contributed by atoms with Crippen LogP contribution in [0.5, 0.6) is 0 Å². The van der Waals surface area contributed by atoms with E-state index >= 15 is 8.78 Å². The molecule has 0 radical (unpaired) electrons. The molecule has 160 valence electrons. The summed E-state index contributed by atoms with van der Waals surface area (Å²) in [6.45, 7) is 3.57. The first-order chi connectivity index (χ1) is 14.6. The Labute approximate surface area is 174 Å². The van der Waals surface area contributed by atoms with Crippen LogP contribution in [0.3, 0.4) is 0 Å². The Morgan fingerprint density at radius 2 is 1.70 bits per heavy atom. The number of benzene rings is 2. The fraction of sp³-hybridized carbons (Fsp3) is 0.391. The predicted octanol–water partition coefficient (Wildman–Crippen LogP) is 4.25. The van der Waals surface area contributed by atoms with Crippen molar-refractivity contribution in [1.82, 2.24) is 0 Å². The lowest BCUT2D eigenvalue weighted by Gasteiger charge is -2.48. The minimum atomic E-state index is -3.36. The second-order valence-electron chi connectivity index (χ2n) is 7.19. The van der Waals surface area contributed by atoms with Crippen LogP contribution in [-0.4, -0.2) is 43.7 Å². The average Bonchev–Trinajstić information content (AvgIpc) is 2.78. The van der Waals surface area contributed by atoms with E-state index in [1.807, 2.05) is 24.3 Å². The predicted molar refractivity (Wildman–Crippen MR) is 105 cm³/mol. The molecular formula is C23H24F2O5. The second kappa shape index (κ2) is 9.32. The van der Waals surface area contributed by atoms with Crippen LogP contribution in [0.2, 0.25) is 0 Å². The minimum absolute atomic E-state index is 0.00555. The molecule has 0 aromatic heterocycles. The summed E-state index contributed by atoms with van der Waals surface area (Å²) >= 11 is 0. The van der Waals surface area contributed by atoms with Gasteiger partial charge in [-0.05, 0) is 5.56 Å². The summed E-state index contributed by atoms with van der Waals surface area (Å²) in [5, 5.41) is 0. The Morgan fingerprint density at radius 3 is 2.40 bits per heavy atom. The van der Waals surface area contributed by atoms with Crippen LogP contribution in [-0.2, 0) is 30.3 Å². The highest BCUT2D eigenvalue weighted by Gasteiger charge is 2.62. The summed E-state index contributed by atoms with van der Waals surface area (Å²) in [6, 6.07) is 18.1. The Morgan fingerprint density at radius 1 is 1.00 bits per heavy atom. The molecule has 7 heteroatoms. The molecule has 0 aliphatic carbocycles. The van der Waals surface area contributed by atoms with Gasteiger partial charge in [-0.25, -0.2) is 8.78 Å². The van der Waals surface area contributed by atoms with Gasteiger partial charge in [0, 0.05) is 5.56 Å². The number of alkyl halides is 2. The van der Waals surface area contributed by atoms with E-state index in [2.05, 4.69) is 6.58 Å². The van der Waals surface area contributed by atoms with E-state index in [9.17, 15) is 0 Å². The molecule has 0 N–H and O–H groups in total. The van der Waals surface area contributed by atoms with Crippen molar-refractivity contribution in [3.63, 3.8) is 0 Å². The van der Waals surface area contributed by atoms with Crippen molar-refractivity contribution >= 4 is 0 Å². The van der Waals surface area contributed by atoms with Gasteiger partial charge in [0.15, 0.2) is 24.8 Å². The number of ether oxygens (including phenoxy) is 5. The van der Waals surface area contributed by atoms with Crippen LogP contribution in [0, 0.1) is 0 Å². The maximum Gasteiger partial charge on any atom is 0.307 e. The minimum Gasteiger partial charge on any atom is -0.362 e. The molecule has 0 unspecified atom stereocenters. The van der Waals surface area contributed by atoms with Crippen LogP contribution < -0.4 is 0 Å². The molecule has 30 heavy (non-hydrogen) atoms. The van der Waals surface area contributed by atoms with Crippen molar-refractivity contribution in [3.8, 4) is 0 Å². The Bertz CT molecular complexity index is 817. The van der Waals surface area contributed by atoms with E-state index in [0.29, 0.717) is 5.56 Å². The normalized spacial score (nSPS) is 30.4. The summed E-state index contributed by atoms with van der Waals surface area (Å²) in [5.74, 6) is -3.36. The Kier molecular flexibility index (Phi) is 6.55. The summed E-state index contributed by atoms with van der Waals surface area (Å²) in [7, 11) is 0. The molecule has 2 aliphatic heterocycles. The highest BCUT2D eigenvalue weighted by molar-refractivity contribution is 5.17. The summed E-state index contributed by atoms with van der Waals surface area (Å²) in [4.78, 5) is 0. The molecule has 0 spiro atoms. The van der Waals surface area contributed by atoms with Gasteiger partial charge in [-0.1, -0.05) is 66.7 Å². The highest BCUT2D eigenvalue weighted by atomic mass is 19.3. The fourth-order valence-corrected chi connectivity index (χ4v) is 3.59. The quantitative estimate of drug-likeness (QED) is 0.629. The SMILES string of the molecule is C=CCO[C@@H]1O[C@@H]2CO[C@@H](c3ccccc3)O[C@H]2C(F)(F)[C@H]1OCc1ccccc1. The highest BCUT2D eigenvalue weighted by Crippen LogP contribution is 2.43. The third-order valence-corrected chi connectivity index (χ3v) is 5.06. The van der Waals surface area contributed by atoms with E-state index in [-0.39, 0.29) is 19.8 Å². The van der Waals surface area contributed by atoms with E-state index in [4.69, 9.17) is 23.7 Å². The van der Waals surface area contributed by atoms with E-state index in [1.165, 1.54) is 6.08 Å². The zero-order chi connectivity index (χ0) is 21.0. The molecule has 5 nitrogen and oxygen atoms in total. The molecule has 2 aromatic carbocycles. The summed E-state index contributed by atoms with van der Waals surface area (Å²) in [5.41, 5.74) is 1.44. The van der Waals surface area contributed by atoms with Crippen LogP contribution in [0.25, 0.3) is 0 Å². The molecule has 2 fully saturated rings. The topological polar surface area (TPSA) is 46.2 Å². The molecule has 2 saturated heterocycles. The monoisotopic (exact) mass is 418 g/mol. The van der Waals surface area contributed by atoms with Crippen LogP contribution in [0.4, 0.5) is 8.78 Å². The average molecular weight is 418 g/mol. The molecule has 4 rings (SSSR count). The zero-order valence-electron chi connectivity index (χ0n) is 16.4. The first-order valence-corrected chi connectivity index (χ1v) is 9.83. The lowest BCUT2D eigenvalue weighted by Crippen LogP contribution is -2.66. The van der Waals surface area contributed by atoms with Gasteiger partial charge >= 0.3 is 5.92 Å². The van der Waals surface area contributed by atoms with Crippen LogP contribution >= 0.6 is 0 Å². The van der Waals surface area contributed by atoms with Crippen molar-refractivity contribution in [1.29, 1.82) is 0 Å². The van der Waals surface area contributed by atoms with E-state index in [0.717, 1.165) is 5.56 Å². The zero-order valence-corrected chi connectivity index (χ0v) is 16.4. The van der Waals surface area contributed by atoms with Gasteiger partial charge in [0.05, 0.1) is 19.8 Å². The Balaban J connectivity index is 1.54. The maximum absolute atomic E-state index is 15.6. The first kappa shape index (κ1) is 21.1. The number of halogens is 2. The fourth-order valence-electron chi connectivity index (χ4n) is 3.59. The third kappa shape index (κ3) is 4.45. The summed E-state index contributed by atoms with van der Waals surface area (Å²) < 4.78 is 59.4. The van der Waals surface area contributed by atoms with Gasteiger partial charge in [-0.15, -0.1) is 6.58 Å². The second-order valence-corrected chi connectivity index (χ2v) is 7.19. The van der Waals surface area contributed by atoms with Gasteiger partial charge in [-0.3, -0.25) is 0 Å². The van der Waals surface area contributed by atoms with Crippen LogP contribution in [0.1, 0.15) is 17.4 Å². The molecule has 0 bridgehead atoms. The number of hydrogen-bond acceptors (Lipinski definition) is 5. The molecule has 0 amide bonds. The number of fused-ring (bicyclic) bond motifs is 1. The number of rotatable bonds is 7. The van der Waals surface area contributed by atoms with Crippen LogP contribution in [0.15, 0.2) is 73.3 Å². The van der Waals surface area contributed by atoms with Crippen molar-refractivity contribution in [2.45, 2.75) is 43.4 Å². The lowest BCUT2D eigenvalue weighted by molar-refractivity contribution is -0.402.